The Balaban J connectivity index is 1.74. The summed E-state index contributed by atoms with van der Waals surface area (Å²) < 4.78 is 6.44. The van der Waals surface area contributed by atoms with Crippen LogP contribution in [0, 0.1) is 6.92 Å². The monoisotopic (exact) mass is 342 g/mol. The number of ether oxygens (including phenoxy) is 1. The van der Waals surface area contributed by atoms with Gasteiger partial charge in [-0.1, -0.05) is 35.9 Å². The van der Waals surface area contributed by atoms with Gasteiger partial charge in [-0.05, 0) is 36.2 Å². The first-order chi connectivity index (χ1) is 11.5. The molecule has 0 fully saturated rings. The maximum Gasteiger partial charge on any atom is 0.326 e. The molecule has 0 atom stereocenters. The zero-order valence-corrected chi connectivity index (χ0v) is 13.8. The second kappa shape index (κ2) is 6.84. The largest absolute Gasteiger partial charge is 0.459 e. The van der Waals surface area contributed by atoms with E-state index < -0.39 is 5.97 Å². The molecule has 0 aliphatic rings. The summed E-state index contributed by atoms with van der Waals surface area (Å²) in [5.74, 6) is -0.508. The van der Waals surface area contributed by atoms with Crippen LogP contribution in [0.4, 0.5) is 0 Å². The number of halogens is 1. The van der Waals surface area contributed by atoms with E-state index in [1.165, 1.54) is 10.9 Å². The fourth-order valence-corrected chi connectivity index (χ4v) is 2.64. The maximum atomic E-state index is 12.4. The van der Waals surface area contributed by atoms with Crippen molar-refractivity contribution in [1.82, 2.24) is 9.55 Å². The zero-order chi connectivity index (χ0) is 17.1. The van der Waals surface area contributed by atoms with Crippen molar-refractivity contribution in [2.45, 2.75) is 20.1 Å². The third-order valence-corrected chi connectivity index (χ3v) is 3.88. The van der Waals surface area contributed by atoms with Crippen LogP contribution in [0.15, 0.2) is 53.6 Å². The number of para-hydroxylation sites is 1. The summed E-state index contributed by atoms with van der Waals surface area (Å²) in [4.78, 5) is 28.7. The number of fused-ring (bicyclic) bond motifs is 1. The highest BCUT2D eigenvalue weighted by atomic mass is 35.5. The minimum absolute atomic E-state index is 0.105. The van der Waals surface area contributed by atoms with Gasteiger partial charge in [-0.2, -0.15) is 0 Å². The lowest BCUT2D eigenvalue weighted by atomic mass is 10.1. The van der Waals surface area contributed by atoms with Gasteiger partial charge >= 0.3 is 5.97 Å². The number of rotatable bonds is 4. The molecule has 0 saturated heterocycles. The quantitative estimate of drug-likeness (QED) is 0.683. The number of benzene rings is 2. The smallest absolute Gasteiger partial charge is 0.326 e. The summed E-state index contributed by atoms with van der Waals surface area (Å²) >= 11 is 5.88. The van der Waals surface area contributed by atoms with E-state index in [4.69, 9.17) is 16.3 Å². The number of esters is 1. The molecule has 0 bridgehead atoms. The van der Waals surface area contributed by atoms with Gasteiger partial charge in [0.25, 0.3) is 5.56 Å². The van der Waals surface area contributed by atoms with Crippen molar-refractivity contribution in [1.29, 1.82) is 0 Å². The van der Waals surface area contributed by atoms with Crippen molar-refractivity contribution in [2.24, 2.45) is 0 Å². The third-order valence-electron chi connectivity index (χ3n) is 3.64. The lowest BCUT2D eigenvalue weighted by Crippen LogP contribution is -2.25. The van der Waals surface area contributed by atoms with Gasteiger partial charge in [-0.25, -0.2) is 4.98 Å². The predicted molar refractivity (Wildman–Crippen MR) is 92.0 cm³/mol. The van der Waals surface area contributed by atoms with Gasteiger partial charge in [0.1, 0.15) is 13.2 Å². The van der Waals surface area contributed by atoms with Crippen molar-refractivity contribution in [3.8, 4) is 0 Å². The molecule has 0 amide bonds. The number of carbonyl (C=O) groups excluding carboxylic acids is 1. The summed E-state index contributed by atoms with van der Waals surface area (Å²) in [7, 11) is 0. The summed E-state index contributed by atoms with van der Waals surface area (Å²) in [6.07, 6.45) is 1.37. The normalized spacial score (nSPS) is 10.8. The molecule has 2 aromatic carbocycles. The predicted octanol–water partition coefficient (Wildman–Crippen LogP) is 3.10. The van der Waals surface area contributed by atoms with Gasteiger partial charge in [0.2, 0.25) is 0 Å². The van der Waals surface area contributed by atoms with Gasteiger partial charge in [0, 0.05) is 5.02 Å². The fourth-order valence-electron chi connectivity index (χ4n) is 2.43. The molecule has 1 heterocycles. The van der Waals surface area contributed by atoms with E-state index in [9.17, 15) is 9.59 Å². The average molecular weight is 343 g/mol. The van der Waals surface area contributed by atoms with Crippen molar-refractivity contribution in [3.05, 3.63) is 75.3 Å². The van der Waals surface area contributed by atoms with Gasteiger partial charge in [-0.3, -0.25) is 14.2 Å². The average Bonchev–Trinajstić information content (AvgIpc) is 2.56. The van der Waals surface area contributed by atoms with Crippen LogP contribution in [0.25, 0.3) is 10.9 Å². The third kappa shape index (κ3) is 3.46. The molecule has 122 valence electrons. The standard InChI is InChI=1S/C18H15ClN2O3/c1-12-4-2-7-15-17(12)20-11-21(18(15)23)9-16(22)24-10-13-5-3-6-14(19)8-13/h2-8,11H,9-10H2,1H3. The first kappa shape index (κ1) is 16.2. The van der Waals surface area contributed by atoms with Crippen molar-refractivity contribution in [3.63, 3.8) is 0 Å². The summed E-state index contributed by atoms with van der Waals surface area (Å²) in [5.41, 5.74) is 2.09. The van der Waals surface area contributed by atoms with Gasteiger partial charge in [-0.15, -0.1) is 0 Å². The van der Waals surface area contributed by atoms with E-state index in [-0.39, 0.29) is 18.7 Å². The summed E-state index contributed by atoms with van der Waals surface area (Å²) in [6, 6.07) is 12.4. The molecular formula is C18H15ClN2O3. The van der Waals surface area contributed by atoms with Gasteiger partial charge in [0.05, 0.1) is 17.2 Å². The number of hydrogen-bond donors (Lipinski definition) is 0. The Hall–Kier alpha value is -2.66. The van der Waals surface area contributed by atoms with Crippen LogP contribution in [0.2, 0.25) is 5.02 Å². The zero-order valence-electron chi connectivity index (χ0n) is 13.0. The molecule has 3 rings (SSSR count). The van der Waals surface area contributed by atoms with E-state index in [2.05, 4.69) is 4.98 Å². The molecule has 0 spiro atoms. The van der Waals surface area contributed by atoms with Crippen molar-refractivity contribution in [2.75, 3.05) is 0 Å². The Kier molecular flexibility index (Phi) is 4.62. The molecule has 5 nitrogen and oxygen atoms in total. The van der Waals surface area contributed by atoms with Crippen LogP contribution < -0.4 is 5.56 Å². The highest BCUT2D eigenvalue weighted by Gasteiger charge is 2.10. The number of nitrogens with zero attached hydrogens (tertiary/aromatic N) is 2. The summed E-state index contributed by atoms with van der Waals surface area (Å²) in [6.45, 7) is 1.81. The molecular weight excluding hydrogens is 328 g/mol. The van der Waals surface area contributed by atoms with Crippen LogP contribution in [0.3, 0.4) is 0 Å². The Morgan fingerprint density at radius 2 is 2.04 bits per heavy atom. The lowest BCUT2D eigenvalue weighted by Gasteiger charge is -2.08. The minimum atomic E-state index is -0.508. The Bertz CT molecular complexity index is 966. The first-order valence-corrected chi connectivity index (χ1v) is 7.77. The molecule has 0 radical (unpaired) electrons. The van der Waals surface area contributed by atoms with E-state index in [1.54, 1.807) is 30.3 Å². The van der Waals surface area contributed by atoms with Crippen LogP contribution in [0.5, 0.6) is 0 Å². The van der Waals surface area contributed by atoms with E-state index in [0.717, 1.165) is 11.1 Å². The Labute approximate surface area is 143 Å². The molecule has 0 unspecified atom stereocenters. The first-order valence-electron chi connectivity index (χ1n) is 7.39. The fraction of sp³-hybridized carbons (Fsp3) is 0.167. The second-order valence-electron chi connectivity index (χ2n) is 5.44. The molecule has 0 aliphatic carbocycles. The molecule has 0 aliphatic heterocycles. The highest BCUT2D eigenvalue weighted by Crippen LogP contribution is 2.12. The van der Waals surface area contributed by atoms with Crippen LogP contribution in [-0.2, 0) is 22.7 Å². The molecule has 1 aromatic heterocycles. The SMILES string of the molecule is Cc1cccc2c(=O)n(CC(=O)OCc3cccc(Cl)c3)cnc12. The van der Waals surface area contributed by atoms with Gasteiger partial charge in [0.15, 0.2) is 0 Å². The van der Waals surface area contributed by atoms with E-state index in [1.807, 2.05) is 19.1 Å². The van der Waals surface area contributed by atoms with Crippen molar-refractivity contribution < 1.29 is 9.53 Å². The topological polar surface area (TPSA) is 61.2 Å². The van der Waals surface area contributed by atoms with Crippen LogP contribution >= 0.6 is 11.6 Å². The van der Waals surface area contributed by atoms with E-state index >= 15 is 0 Å². The molecule has 0 N–H and O–H groups in total. The minimum Gasteiger partial charge on any atom is -0.459 e. The van der Waals surface area contributed by atoms with Gasteiger partial charge < -0.3 is 4.74 Å². The number of hydrogen-bond acceptors (Lipinski definition) is 4. The second-order valence-corrected chi connectivity index (χ2v) is 5.88. The van der Waals surface area contributed by atoms with E-state index in [0.29, 0.717) is 15.9 Å². The maximum absolute atomic E-state index is 12.4. The van der Waals surface area contributed by atoms with Crippen LogP contribution in [-0.4, -0.2) is 15.5 Å². The number of carbonyl (C=O) groups is 1. The molecule has 6 heteroatoms. The Morgan fingerprint density at radius 1 is 1.25 bits per heavy atom. The summed E-state index contributed by atoms with van der Waals surface area (Å²) in [5, 5.41) is 1.06. The molecule has 3 aromatic rings. The lowest BCUT2D eigenvalue weighted by molar-refractivity contribution is -0.145. The number of aromatic nitrogens is 2. The molecule has 0 saturated carbocycles. The van der Waals surface area contributed by atoms with Crippen molar-refractivity contribution >= 4 is 28.5 Å². The highest BCUT2D eigenvalue weighted by molar-refractivity contribution is 6.30. The Morgan fingerprint density at radius 3 is 2.83 bits per heavy atom. The van der Waals surface area contributed by atoms with Crippen LogP contribution in [0.1, 0.15) is 11.1 Å². The number of aryl methyl sites for hydroxylation is 1. The molecule has 24 heavy (non-hydrogen) atoms.